The Morgan fingerprint density at radius 3 is 1.75 bits per heavy atom. The van der Waals surface area contributed by atoms with E-state index in [0.717, 1.165) is 5.69 Å². The molecule has 10 rings (SSSR count). The minimum Gasteiger partial charge on any atom is -0.309 e. The maximum absolute atomic E-state index is 2.48. The third-order valence-electron chi connectivity index (χ3n) is 9.89. The molecular formula is C46H30N2. The summed E-state index contributed by atoms with van der Waals surface area (Å²) in [7, 11) is 0. The normalized spacial score (nSPS) is 11.8. The van der Waals surface area contributed by atoms with Crippen molar-refractivity contribution >= 4 is 54.4 Å². The standard InChI is InChI=1S/C46H30N2/c1-4-14-31(15-5-1)34-25-26-42(38(28-34)32-16-6-2-7-17-32)48-41-23-13-12-22-37(41)39-29-40-45(30-44(39)48)47(35-19-8-3-9-20-35)43-27-24-33-18-10-11-21-36(33)46(40)43/h1-30H. The van der Waals surface area contributed by atoms with Crippen LogP contribution in [0.5, 0.6) is 0 Å². The van der Waals surface area contributed by atoms with Gasteiger partial charge in [-0.25, -0.2) is 0 Å². The van der Waals surface area contributed by atoms with E-state index < -0.39 is 0 Å². The van der Waals surface area contributed by atoms with Gasteiger partial charge in [0.05, 0.1) is 27.8 Å². The fourth-order valence-electron chi connectivity index (χ4n) is 7.75. The molecule has 0 aliphatic rings. The predicted molar refractivity (Wildman–Crippen MR) is 203 cm³/mol. The molecule has 224 valence electrons. The van der Waals surface area contributed by atoms with Crippen molar-refractivity contribution in [3.05, 3.63) is 182 Å². The lowest BCUT2D eigenvalue weighted by molar-refractivity contribution is 1.17. The summed E-state index contributed by atoms with van der Waals surface area (Å²) in [6.07, 6.45) is 0. The van der Waals surface area contributed by atoms with Crippen molar-refractivity contribution in [2.45, 2.75) is 0 Å². The largest absolute Gasteiger partial charge is 0.309 e. The first-order chi connectivity index (χ1) is 23.8. The van der Waals surface area contributed by atoms with Gasteiger partial charge < -0.3 is 9.13 Å². The number of nitrogens with zero attached hydrogens (tertiary/aromatic N) is 2. The molecule has 0 amide bonds. The van der Waals surface area contributed by atoms with E-state index in [2.05, 4.69) is 191 Å². The number of fused-ring (bicyclic) bond motifs is 8. The summed E-state index contributed by atoms with van der Waals surface area (Å²) >= 11 is 0. The lowest BCUT2D eigenvalue weighted by Crippen LogP contribution is -1.98. The Labute approximate surface area is 278 Å². The van der Waals surface area contributed by atoms with Crippen LogP contribution >= 0.6 is 0 Å². The highest BCUT2D eigenvalue weighted by Crippen LogP contribution is 2.43. The van der Waals surface area contributed by atoms with Gasteiger partial charge in [0.1, 0.15) is 0 Å². The molecule has 10 aromatic rings. The van der Waals surface area contributed by atoms with Crippen molar-refractivity contribution in [2.24, 2.45) is 0 Å². The quantitative estimate of drug-likeness (QED) is 0.188. The molecule has 8 aromatic carbocycles. The first-order valence-electron chi connectivity index (χ1n) is 16.5. The summed E-state index contributed by atoms with van der Waals surface area (Å²) in [5.41, 5.74) is 12.0. The van der Waals surface area contributed by atoms with E-state index >= 15 is 0 Å². The lowest BCUT2D eigenvalue weighted by atomic mass is 9.97. The smallest absolute Gasteiger partial charge is 0.0562 e. The predicted octanol–water partition coefficient (Wildman–Crippen LogP) is 12.4. The van der Waals surface area contributed by atoms with Gasteiger partial charge in [-0.2, -0.15) is 0 Å². The van der Waals surface area contributed by atoms with Crippen molar-refractivity contribution < 1.29 is 0 Å². The van der Waals surface area contributed by atoms with Crippen molar-refractivity contribution in [3.63, 3.8) is 0 Å². The fourth-order valence-corrected chi connectivity index (χ4v) is 7.75. The second-order valence-electron chi connectivity index (χ2n) is 12.6. The first kappa shape index (κ1) is 26.8. The van der Waals surface area contributed by atoms with Crippen molar-refractivity contribution in [1.82, 2.24) is 9.13 Å². The Morgan fingerprint density at radius 1 is 0.312 bits per heavy atom. The van der Waals surface area contributed by atoms with Gasteiger partial charge in [-0.15, -0.1) is 0 Å². The fraction of sp³-hybridized carbons (Fsp3) is 0. The zero-order valence-electron chi connectivity index (χ0n) is 26.2. The molecule has 0 saturated carbocycles. The van der Waals surface area contributed by atoms with Crippen LogP contribution in [0, 0.1) is 0 Å². The molecule has 0 bridgehead atoms. The van der Waals surface area contributed by atoms with Crippen molar-refractivity contribution in [3.8, 4) is 33.6 Å². The monoisotopic (exact) mass is 610 g/mol. The molecule has 2 aromatic heterocycles. The second kappa shape index (κ2) is 10.6. The number of rotatable bonds is 4. The molecule has 0 fully saturated rings. The van der Waals surface area contributed by atoms with E-state index in [1.165, 1.54) is 82.3 Å². The highest BCUT2D eigenvalue weighted by molar-refractivity contribution is 6.25. The Morgan fingerprint density at radius 2 is 0.958 bits per heavy atom. The number of hydrogen-bond acceptors (Lipinski definition) is 0. The van der Waals surface area contributed by atoms with Crippen LogP contribution in [-0.4, -0.2) is 9.13 Å². The molecule has 48 heavy (non-hydrogen) atoms. The maximum Gasteiger partial charge on any atom is 0.0562 e. The van der Waals surface area contributed by atoms with Gasteiger partial charge in [0.2, 0.25) is 0 Å². The molecule has 0 spiro atoms. The van der Waals surface area contributed by atoms with E-state index in [4.69, 9.17) is 0 Å². The number of hydrogen-bond donors (Lipinski definition) is 0. The van der Waals surface area contributed by atoms with Crippen LogP contribution in [-0.2, 0) is 0 Å². The molecule has 2 nitrogen and oxygen atoms in total. The zero-order valence-corrected chi connectivity index (χ0v) is 26.2. The van der Waals surface area contributed by atoms with E-state index in [1.807, 2.05) is 0 Å². The minimum absolute atomic E-state index is 1.16. The topological polar surface area (TPSA) is 9.86 Å². The van der Waals surface area contributed by atoms with Crippen LogP contribution in [0.15, 0.2) is 182 Å². The van der Waals surface area contributed by atoms with E-state index in [0.29, 0.717) is 0 Å². The molecule has 0 unspecified atom stereocenters. The Hall–Kier alpha value is -6.38. The van der Waals surface area contributed by atoms with Crippen LogP contribution < -0.4 is 0 Å². The van der Waals surface area contributed by atoms with Crippen LogP contribution in [0.25, 0.3) is 88.0 Å². The Bertz CT molecular complexity index is 2810. The van der Waals surface area contributed by atoms with Gasteiger partial charge in [-0.05, 0) is 76.0 Å². The summed E-state index contributed by atoms with van der Waals surface area (Å²) in [6.45, 7) is 0. The van der Waals surface area contributed by atoms with Crippen molar-refractivity contribution in [1.29, 1.82) is 0 Å². The molecule has 0 N–H and O–H groups in total. The van der Waals surface area contributed by atoms with Crippen molar-refractivity contribution in [2.75, 3.05) is 0 Å². The average molecular weight is 611 g/mol. The molecule has 2 heteroatoms. The molecule has 0 atom stereocenters. The second-order valence-corrected chi connectivity index (χ2v) is 12.6. The Kier molecular flexibility index (Phi) is 5.91. The number of aromatic nitrogens is 2. The van der Waals surface area contributed by atoms with Gasteiger partial charge in [0.15, 0.2) is 0 Å². The molecule has 0 radical (unpaired) electrons. The first-order valence-corrected chi connectivity index (χ1v) is 16.5. The third kappa shape index (κ3) is 4.00. The van der Waals surface area contributed by atoms with Crippen LogP contribution in [0.1, 0.15) is 0 Å². The third-order valence-corrected chi connectivity index (χ3v) is 9.89. The zero-order chi connectivity index (χ0) is 31.6. The summed E-state index contributed by atoms with van der Waals surface area (Å²) in [5.74, 6) is 0. The molecular weight excluding hydrogens is 581 g/mol. The van der Waals surface area contributed by atoms with Gasteiger partial charge in [0, 0.05) is 32.8 Å². The average Bonchev–Trinajstić information content (AvgIpc) is 3.67. The highest BCUT2D eigenvalue weighted by atomic mass is 15.0. The molecule has 0 saturated heterocycles. The van der Waals surface area contributed by atoms with Gasteiger partial charge in [-0.1, -0.05) is 133 Å². The summed E-state index contributed by atoms with van der Waals surface area (Å²) in [5, 5.41) is 7.60. The molecule has 2 heterocycles. The summed E-state index contributed by atoms with van der Waals surface area (Å²) in [6, 6.07) is 66.2. The highest BCUT2D eigenvalue weighted by Gasteiger charge is 2.21. The van der Waals surface area contributed by atoms with Crippen LogP contribution in [0.4, 0.5) is 0 Å². The number of benzene rings is 8. The van der Waals surface area contributed by atoms with Gasteiger partial charge in [-0.3, -0.25) is 0 Å². The number of para-hydroxylation sites is 2. The molecule has 0 aliphatic heterocycles. The van der Waals surface area contributed by atoms with E-state index in [1.54, 1.807) is 0 Å². The summed E-state index contributed by atoms with van der Waals surface area (Å²) in [4.78, 5) is 0. The van der Waals surface area contributed by atoms with E-state index in [-0.39, 0.29) is 0 Å². The van der Waals surface area contributed by atoms with Crippen LogP contribution in [0.3, 0.4) is 0 Å². The Balaban J connectivity index is 1.36. The lowest BCUT2D eigenvalue weighted by Gasteiger charge is -2.16. The maximum atomic E-state index is 2.48. The van der Waals surface area contributed by atoms with Crippen LogP contribution in [0.2, 0.25) is 0 Å². The minimum atomic E-state index is 1.16. The van der Waals surface area contributed by atoms with Gasteiger partial charge in [0.25, 0.3) is 0 Å². The van der Waals surface area contributed by atoms with E-state index in [9.17, 15) is 0 Å². The SMILES string of the molecule is c1ccc(-c2ccc(-n3c4ccccc4c4cc5c6c7ccccc7ccc6n(-c6ccccc6)c5cc43)c(-c3ccccc3)c2)cc1. The molecule has 0 aliphatic carbocycles. The van der Waals surface area contributed by atoms with Gasteiger partial charge >= 0.3 is 0 Å². The summed E-state index contributed by atoms with van der Waals surface area (Å²) < 4.78 is 4.92.